The molecular weight excluding hydrogens is 300 g/mol. The molecular formula is C17H24O4S. The predicted molar refractivity (Wildman–Crippen MR) is 88.9 cm³/mol. The SMILES string of the molecule is CCOC(=O)C(CC)(SCCc1ccccc1)C(=O)OCC. The fourth-order valence-electron chi connectivity index (χ4n) is 2.08. The molecule has 0 aliphatic heterocycles. The van der Waals surface area contributed by atoms with Crippen LogP contribution in [0.1, 0.15) is 32.8 Å². The quantitative estimate of drug-likeness (QED) is 0.515. The van der Waals surface area contributed by atoms with Crippen molar-refractivity contribution in [3.8, 4) is 0 Å². The Morgan fingerprint density at radius 3 is 2.00 bits per heavy atom. The maximum Gasteiger partial charge on any atom is 0.333 e. The van der Waals surface area contributed by atoms with Crippen molar-refractivity contribution in [3.05, 3.63) is 35.9 Å². The number of ether oxygens (including phenoxy) is 2. The van der Waals surface area contributed by atoms with E-state index in [9.17, 15) is 9.59 Å². The Hall–Kier alpha value is -1.49. The summed E-state index contributed by atoms with van der Waals surface area (Å²) in [5.41, 5.74) is 1.17. The van der Waals surface area contributed by atoms with Crippen LogP contribution in [0.4, 0.5) is 0 Å². The molecule has 0 radical (unpaired) electrons. The molecule has 0 amide bonds. The molecule has 0 saturated carbocycles. The van der Waals surface area contributed by atoms with E-state index in [4.69, 9.17) is 9.47 Å². The van der Waals surface area contributed by atoms with Gasteiger partial charge in [-0.2, -0.15) is 0 Å². The summed E-state index contributed by atoms with van der Waals surface area (Å²) in [6.45, 7) is 5.78. The Balaban J connectivity index is 2.80. The van der Waals surface area contributed by atoms with E-state index >= 15 is 0 Å². The molecule has 0 fully saturated rings. The minimum Gasteiger partial charge on any atom is -0.465 e. The zero-order chi connectivity index (χ0) is 16.4. The predicted octanol–water partition coefficient (Wildman–Crippen LogP) is 3.24. The van der Waals surface area contributed by atoms with E-state index in [1.165, 1.54) is 17.3 Å². The first-order valence-electron chi connectivity index (χ1n) is 7.63. The number of rotatable bonds is 9. The van der Waals surface area contributed by atoms with Gasteiger partial charge in [0.05, 0.1) is 13.2 Å². The second-order valence-electron chi connectivity index (χ2n) is 4.71. The highest BCUT2D eigenvalue weighted by Gasteiger charge is 2.47. The van der Waals surface area contributed by atoms with Crippen molar-refractivity contribution in [3.63, 3.8) is 0 Å². The lowest BCUT2D eigenvalue weighted by Gasteiger charge is -2.27. The lowest BCUT2D eigenvalue weighted by atomic mass is 10.1. The summed E-state index contributed by atoms with van der Waals surface area (Å²) >= 11 is 1.31. The van der Waals surface area contributed by atoms with Gasteiger partial charge in [-0.25, -0.2) is 9.59 Å². The standard InChI is InChI=1S/C17H24O4S/c1-4-17(15(18)20-5-2,16(19)21-6-3)22-13-12-14-10-8-7-9-11-14/h7-11H,4-6,12-13H2,1-3H3. The zero-order valence-corrected chi connectivity index (χ0v) is 14.3. The maximum absolute atomic E-state index is 12.3. The highest BCUT2D eigenvalue weighted by atomic mass is 32.2. The van der Waals surface area contributed by atoms with Gasteiger partial charge < -0.3 is 9.47 Å². The Labute approximate surface area is 136 Å². The first-order valence-corrected chi connectivity index (χ1v) is 8.61. The summed E-state index contributed by atoms with van der Waals surface area (Å²) in [5, 5.41) is 0. The summed E-state index contributed by atoms with van der Waals surface area (Å²) in [6, 6.07) is 9.98. The van der Waals surface area contributed by atoms with Gasteiger partial charge in [-0.05, 0) is 38.0 Å². The normalized spacial score (nSPS) is 11.0. The van der Waals surface area contributed by atoms with Crippen LogP contribution in [0, 0.1) is 0 Å². The van der Waals surface area contributed by atoms with Crippen molar-refractivity contribution in [2.45, 2.75) is 38.4 Å². The number of carbonyl (C=O) groups is 2. The monoisotopic (exact) mass is 324 g/mol. The Morgan fingerprint density at radius 2 is 1.55 bits per heavy atom. The van der Waals surface area contributed by atoms with Crippen molar-refractivity contribution in [2.24, 2.45) is 0 Å². The first kappa shape index (κ1) is 18.6. The minimum atomic E-state index is -1.26. The highest BCUT2D eigenvalue weighted by Crippen LogP contribution is 2.33. The third-order valence-corrected chi connectivity index (χ3v) is 4.81. The molecule has 1 rings (SSSR count). The van der Waals surface area contributed by atoms with Crippen LogP contribution in [-0.2, 0) is 25.5 Å². The summed E-state index contributed by atoms with van der Waals surface area (Å²) in [6.07, 6.45) is 1.14. The number of hydrogen-bond donors (Lipinski definition) is 0. The molecule has 0 aliphatic carbocycles. The van der Waals surface area contributed by atoms with Crippen LogP contribution in [0.5, 0.6) is 0 Å². The lowest BCUT2D eigenvalue weighted by Crippen LogP contribution is -2.46. The van der Waals surface area contributed by atoms with Crippen LogP contribution in [-0.4, -0.2) is 35.7 Å². The van der Waals surface area contributed by atoms with Crippen molar-refractivity contribution in [1.82, 2.24) is 0 Å². The van der Waals surface area contributed by atoms with Gasteiger partial charge >= 0.3 is 11.9 Å². The molecule has 0 bridgehead atoms. The molecule has 0 spiro atoms. The summed E-state index contributed by atoms with van der Waals surface area (Å²) in [5.74, 6) is -0.363. The van der Waals surface area contributed by atoms with Gasteiger partial charge in [-0.1, -0.05) is 37.3 Å². The summed E-state index contributed by atoms with van der Waals surface area (Å²) in [7, 11) is 0. The topological polar surface area (TPSA) is 52.6 Å². The van der Waals surface area contributed by atoms with E-state index in [2.05, 4.69) is 0 Å². The van der Waals surface area contributed by atoms with Gasteiger partial charge in [0.1, 0.15) is 0 Å². The smallest absolute Gasteiger partial charge is 0.333 e. The molecule has 0 atom stereocenters. The second-order valence-corrected chi connectivity index (χ2v) is 6.10. The number of thioether (sulfide) groups is 1. The molecule has 1 aromatic carbocycles. The fraction of sp³-hybridized carbons (Fsp3) is 0.529. The van der Waals surface area contributed by atoms with Gasteiger partial charge in [0.2, 0.25) is 4.75 Å². The summed E-state index contributed by atoms with van der Waals surface area (Å²) in [4.78, 5) is 24.6. The maximum atomic E-state index is 12.3. The van der Waals surface area contributed by atoms with Crippen LogP contribution >= 0.6 is 11.8 Å². The molecule has 1 aromatic rings. The molecule has 122 valence electrons. The number of carbonyl (C=O) groups excluding carboxylic acids is 2. The zero-order valence-electron chi connectivity index (χ0n) is 13.5. The molecule has 4 nitrogen and oxygen atoms in total. The molecule has 0 heterocycles. The fourth-order valence-corrected chi connectivity index (χ4v) is 3.32. The van der Waals surface area contributed by atoms with Crippen LogP contribution in [0.25, 0.3) is 0 Å². The molecule has 0 aliphatic rings. The molecule has 0 aromatic heterocycles. The Morgan fingerprint density at radius 1 is 1.00 bits per heavy atom. The largest absolute Gasteiger partial charge is 0.465 e. The molecule has 0 saturated heterocycles. The van der Waals surface area contributed by atoms with E-state index in [0.29, 0.717) is 12.2 Å². The van der Waals surface area contributed by atoms with Gasteiger partial charge in [-0.15, -0.1) is 11.8 Å². The van der Waals surface area contributed by atoms with Crippen LogP contribution < -0.4 is 0 Å². The number of hydrogen-bond acceptors (Lipinski definition) is 5. The third kappa shape index (κ3) is 4.77. The van der Waals surface area contributed by atoms with Crippen molar-refractivity contribution in [2.75, 3.05) is 19.0 Å². The van der Waals surface area contributed by atoms with E-state index < -0.39 is 16.7 Å². The molecule has 5 heteroatoms. The van der Waals surface area contributed by atoms with Gasteiger partial charge in [0, 0.05) is 0 Å². The van der Waals surface area contributed by atoms with Crippen LogP contribution in [0.2, 0.25) is 0 Å². The van der Waals surface area contributed by atoms with Crippen LogP contribution in [0.15, 0.2) is 30.3 Å². The Bertz CT molecular complexity index is 455. The second kappa shape index (κ2) is 9.51. The van der Waals surface area contributed by atoms with Gasteiger partial charge in [0.25, 0.3) is 0 Å². The van der Waals surface area contributed by atoms with Crippen LogP contribution in [0.3, 0.4) is 0 Å². The third-order valence-electron chi connectivity index (χ3n) is 3.29. The molecule has 0 unspecified atom stereocenters. The average Bonchev–Trinajstić information content (AvgIpc) is 2.53. The average molecular weight is 324 g/mol. The Kier molecular flexibility index (Phi) is 8.02. The van der Waals surface area contributed by atoms with E-state index in [1.54, 1.807) is 13.8 Å². The minimum absolute atomic E-state index is 0.249. The summed E-state index contributed by atoms with van der Waals surface area (Å²) < 4.78 is 8.95. The van der Waals surface area contributed by atoms with Gasteiger partial charge in [0.15, 0.2) is 0 Å². The number of esters is 2. The van der Waals surface area contributed by atoms with E-state index in [-0.39, 0.29) is 13.2 Å². The van der Waals surface area contributed by atoms with E-state index in [0.717, 1.165) is 6.42 Å². The van der Waals surface area contributed by atoms with Crippen molar-refractivity contribution >= 4 is 23.7 Å². The number of benzene rings is 1. The van der Waals surface area contributed by atoms with E-state index in [1.807, 2.05) is 37.3 Å². The lowest BCUT2D eigenvalue weighted by molar-refractivity contribution is -0.158. The van der Waals surface area contributed by atoms with Crippen molar-refractivity contribution < 1.29 is 19.1 Å². The van der Waals surface area contributed by atoms with Crippen molar-refractivity contribution in [1.29, 1.82) is 0 Å². The van der Waals surface area contributed by atoms with Gasteiger partial charge in [-0.3, -0.25) is 0 Å². The highest BCUT2D eigenvalue weighted by molar-refractivity contribution is 8.02. The first-order chi connectivity index (χ1) is 10.6. The molecule has 0 N–H and O–H groups in total. The number of aryl methyl sites for hydroxylation is 1. The molecule has 22 heavy (non-hydrogen) atoms.